The zero-order valence-corrected chi connectivity index (χ0v) is 24.9. The number of benzene rings is 3. The quantitative estimate of drug-likeness (QED) is 0.111. The Kier molecular flexibility index (Phi) is 9.32. The van der Waals surface area contributed by atoms with Gasteiger partial charge in [-0.05, 0) is 90.4 Å². The Hall–Kier alpha value is -3.22. The van der Waals surface area contributed by atoms with Gasteiger partial charge in [0, 0.05) is 32.6 Å². The number of carbonyl (C=O) groups is 3. The number of carboxylic acid groups (broad SMARTS) is 1. The molecule has 0 saturated carbocycles. The summed E-state index contributed by atoms with van der Waals surface area (Å²) >= 11 is 14.3. The zero-order valence-electron chi connectivity index (χ0n) is 21.2. The minimum absolute atomic E-state index is 0.0511. The molecule has 1 N–H and O–H groups in total. The molecule has 2 amide bonds. The van der Waals surface area contributed by atoms with Gasteiger partial charge < -0.3 is 14.9 Å². The molecule has 1 aliphatic rings. The molecule has 0 aliphatic carbocycles. The second-order valence-corrected chi connectivity index (χ2v) is 11.4. The van der Waals surface area contributed by atoms with Crippen molar-refractivity contribution in [3.63, 3.8) is 0 Å². The number of amides is 2. The Morgan fingerprint density at radius 1 is 1.05 bits per heavy atom. The summed E-state index contributed by atoms with van der Waals surface area (Å²) in [6.45, 7) is 1.82. The lowest BCUT2D eigenvalue weighted by molar-refractivity contribution is -0.385. The van der Waals surface area contributed by atoms with Gasteiger partial charge in [0.1, 0.15) is 6.04 Å². The first-order valence-electron chi connectivity index (χ1n) is 12.3. The topological polar surface area (TPSA) is 121 Å². The van der Waals surface area contributed by atoms with Crippen molar-refractivity contribution in [2.24, 2.45) is 0 Å². The van der Waals surface area contributed by atoms with Crippen LogP contribution in [0.5, 0.6) is 0 Å². The van der Waals surface area contributed by atoms with E-state index in [4.69, 9.17) is 28.3 Å². The van der Waals surface area contributed by atoms with Crippen LogP contribution in [-0.4, -0.2) is 39.3 Å². The zero-order chi connectivity index (χ0) is 29.1. The lowest BCUT2D eigenvalue weighted by Crippen LogP contribution is -2.44. The lowest BCUT2D eigenvalue weighted by atomic mass is 9.97. The molecule has 3 aromatic carbocycles. The fourth-order valence-electron chi connectivity index (χ4n) is 4.86. The van der Waals surface area contributed by atoms with Crippen LogP contribution >= 0.6 is 45.8 Å². The van der Waals surface area contributed by atoms with Crippen LogP contribution in [0.15, 0.2) is 60.7 Å². The number of nitro benzene ring substituents is 1. The standard InChI is InChI=1S/C28H24Cl2IN3O6/c1-16(21-11-9-19(30)14-24(21)34(39)40)33-26(17-5-7-18(29)8-6-17)28(38)32(13-3-2-4-25(35)36)23-12-10-20(31)15-22(23)27(33)37/h5-12,14-16,26H,2-4,13H2,1H3,(H,35,36). The molecule has 208 valence electrons. The molecule has 0 radical (unpaired) electrons. The minimum Gasteiger partial charge on any atom is -0.481 e. The molecule has 0 bridgehead atoms. The van der Waals surface area contributed by atoms with Crippen molar-refractivity contribution in [2.45, 2.75) is 38.3 Å². The van der Waals surface area contributed by atoms with Crippen LogP contribution in [0.3, 0.4) is 0 Å². The smallest absolute Gasteiger partial charge is 0.303 e. The summed E-state index contributed by atoms with van der Waals surface area (Å²) in [5.41, 5.74) is 1.08. The number of nitro groups is 1. The van der Waals surface area contributed by atoms with E-state index in [9.17, 15) is 24.5 Å². The molecule has 1 heterocycles. The first-order chi connectivity index (χ1) is 19.0. The second kappa shape index (κ2) is 12.5. The van der Waals surface area contributed by atoms with E-state index < -0.39 is 34.8 Å². The van der Waals surface area contributed by atoms with E-state index in [1.54, 1.807) is 49.4 Å². The summed E-state index contributed by atoms with van der Waals surface area (Å²) in [5.74, 6) is -1.84. The summed E-state index contributed by atoms with van der Waals surface area (Å²) in [7, 11) is 0. The van der Waals surface area contributed by atoms with Gasteiger partial charge in [-0.3, -0.25) is 24.5 Å². The number of hydrogen-bond acceptors (Lipinski definition) is 5. The molecule has 2 unspecified atom stereocenters. The van der Waals surface area contributed by atoms with Gasteiger partial charge in [0.25, 0.3) is 17.5 Å². The van der Waals surface area contributed by atoms with E-state index >= 15 is 0 Å². The molecule has 3 aromatic rings. The first-order valence-corrected chi connectivity index (χ1v) is 14.2. The van der Waals surface area contributed by atoms with Crippen LogP contribution < -0.4 is 4.90 Å². The van der Waals surface area contributed by atoms with Crippen LogP contribution in [-0.2, 0) is 9.59 Å². The molecular formula is C28H24Cl2IN3O6. The van der Waals surface area contributed by atoms with Crippen molar-refractivity contribution in [2.75, 3.05) is 11.4 Å². The van der Waals surface area contributed by atoms with Crippen molar-refractivity contribution in [3.8, 4) is 0 Å². The summed E-state index contributed by atoms with van der Waals surface area (Å²) in [6, 6.07) is 13.8. The lowest BCUT2D eigenvalue weighted by Gasteiger charge is -2.35. The number of carboxylic acids is 1. The Labute approximate surface area is 254 Å². The van der Waals surface area contributed by atoms with Gasteiger partial charge in [-0.25, -0.2) is 0 Å². The monoisotopic (exact) mass is 695 g/mol. The number of nitrogens with zero attached hydrogens (tertiary/aromatic N) is 3. The molecule has 4 rings (SSSR count). The summed E-state index contributed by atoms with van der Waals surface area (Å²) in [5, 5.41) is 21.6. The normalized spacial score (nSPS) is 15.9. The van der Waals surface area contributed by atoms with E-state index in [0.29, 0.717) is 29.1 Å². The van der Waals surface area contributed by atoms with Crippen LogP contribution in [0.4, 0.5) is 11.4 Å². The van der Waals surface area contributed by atoms with E-state index in [1.807, 2.05) is 0 Å². The van der Waals surface area contributed by atoms with Crippen molar-refractivity contribution in [1.29, 1.82) is 0 Å². The van der Waals surface area contributed by atoms with Crippen LogP contribution in [0.25, 0.3) is 0 Å². The maximum absolute atomic E-state index is 14.4. The third-order valence-corrected chi connectivity index (χ3v) is 7.92. The molecule has 12 heteroatoms. The summed E-state index contributed by atoms with van der Waals surface area (Å²) in [6.07, 6.45) is 0.684. The minimum atomic E-state index is -1.15. The predicted molar refractivity (Wildman–Crippen MR) is 160 cm³/mol. The van der Waals surface area contributed by atoms with Crippen molar-refractivity contribution in [3.05, 3.63) is 101 Å². The van der Waals surface area contributed by atoms with E-state index in [-0.39, 0.29) is 34.8 Å². The Balaban J connectivity index is 1.91. The average Bonchev–Trinajstić information content (AvgIpc) is 2.99. The number of carbonyl (C=O) groups excluding carboxylic acids is 2. The van der Waals surface area contributed by atoms with Gasteiger partial charge in [-0.2, -0.15) is 0 Å². The van der Waals surface area contributed by atoms with Crippen molar-refractivity contribution >= 4 is 75.0 Å². The highest BCUT2D eigenvalue weighted by Crippen LogP contribution is 2.42. The molecule has 0 spiro atoms. The molecule has 0 saturated heterocycles. The Morgan fingerprint density at radius 3 is 2.38 bits per heavy atom. The van der Waals surface area contributed by atoms with Crippen LogP contribution in [0, 0.1) is 13.7 Å². The fraction of sp³-hybridized carbons (Fsp3) is 0.250. The van der Waals surface area contributed by atoms with Gasteiger partial charge in [-0.15, -0.1) is 0 Å². The molecule has 1 aliphatic heterocycles. The van der Waals surface area contributed by atoms with E-state index in [0.717, 1.165) is 3.57 Å². The SMILES string of the molecule is CC(c1ccc(Cl)cc1[N+](=O)[O-])N1C(=O)c2cc(I)ccc2N(CCCCC(=O)O)C(=O)C1c1ccc(Cl)cc1. The maximum atomic E-state index is 14.4. The van der Waals surface area contributed by atoms with E-state index in [1.165, 1.54) is 28.0 Å². The highest BCUT2D eigenvalue weighted by atomic mass is 127. The number of aliphatic carboxylic acids is 1. The number of anilines is 1. The summed E-state index contributed by atoms with van der Waals surface area (Å²) < 4.78 is 0.762. The third-order valence-electron chi connectivity index (χ3n) is 6.76. The predicted octanol–water partition coefficient (Wildman–Crippen LogP) is 7.05. The Morgan fingerprint density at radius 2 is 1.73 bits per heavy atom. The average molecular weight is 696 g/mol. The molecule has 0 fully saturated rings. The fourth-order valence-corrected chi connectivity index (χ4v) is 5.64. The maximum Gasteiger partial charge on any atom is 0.303 e. The number of rotatable bonds is 9. The van der Waals surface area contributed by atoms with Crippen molar-refractivity contribution < 1.29 is 24.4 Å². The third kappa shape index (κ3) is 6.24. The Bertz CT molecular complexity index is 1480. The van der Waals surface area contributed by atoms with Gasteiger partial charge in [-0.1, -0.05) is 35.3 Å². The molecule has 2 atom stereocenters. The molecule has 9 nitrogen and oxygen atoms in total. The van der Waals surface area contributed by atoms with E-state index in [2.05, 4.69) is 22.6 Å². The van der Waals surface area contributed by atoms with Crippen LogP contribution in [0.1, 0.15) is 59.8 Å². The second-order valence-electron chi connectivity index (χ2n) is 9.30. The number of fused-ring (bicyclic) bond motifs is 1. The van der Waals surface area contributed by atoms with Gasteiger partial charge in [0.05, 0.1) is 27.8 Å². The van der Waals surface area contributed by atoms with Crippen molar-refractivity contribution in [1.82, 2.24) is 4.90 Å². The number of halogens is 3. The largest absolute Gasteiger partial charge is 0.481 e. The number of hydrogen-bond donors (Lipinski definition) is 1. The van der Waals surface area contributed by atoms with Gasteiger partial charge >= 0.3 is 5.97 Å². The highest BCUT2D eigenvalue weighted by molar-refractivity contribution is 14.1. The highest BCUT2D eigenvalue weighted by Gasteiger charge is 2.44. The van der Waals surface area contributed by atoms with Crippen LogP contribution in [0.2, 0.25) is 10.0 Å². The van der Waals surface area contributed by atoms with Gasteiger partial charge in [0.2, 0.25) is 0 Å². The number of unbranched alkanes of at least 4 members (excludes halogenated alkanes) is 1. The molecular weight excluding hydrogens is 672 g/mol. The molecule has 0 aromatic heterocycles. The van der Waals surface area contributed by atoms with Gasteiger partial charge in [0.15, 0.2) is 0 Å². The first kappa shape index (κ1) is 29.8. The molecule has 40 heavy (non-hydrogen) atoms. The summed E-state index contributed by atoms with van der Waals surface area (Å²) in [4.78, 5) is 54.1.